The maximum absolute atomic E-state index is 6.23. The molecule has 0 fully saturated rings. The predicted octanol–water partition coefficient (Wildman–Crippen LogP) is 4.61. The number of aromatic nitrogens is 4. The molecule has 170 valence electrons. The number of H-pyrrole nitrogens is 2. The molecular weight excluding hydrogens is 436 g/mol. The second-order valence-corrected chi connectivity index (χ2v) is 8.53. The van der Waals surface area contributed by atoms with Gasteiger partial charge in [0.2, 0.25) is 0 Å². The molecule has 0 saturated carbocycles. The lowest BCUT2D eigenvalue weighted by Crippen LogP contribution is -2.20. The Bertz CT molecular complexity index is 1190. The summed E-state index contributed by atoms with van der Waals surface area (Å²) in [5, 5.41) is 0.835. The number of nitrogens with one attached hydrogen (secondary N) is 2. The number of benzene rings is 2. The predicted molar refractivity (Wildman–Crippen MR) is 131 cm³/mol. The minimum atomic E-state index is 0.795. The summed E-state index contributed by atoms with van der Waals surface area (Å²) in [4.78, 5) is 19.4. The van der Waals surface area contributed by atoms with Gasteiger partial charge >= 0.3 is 0 Å². The van der Waals surface area contributed by atoms with Crippen LogP contribution in [0.3, 0.4) is 0 Å². The molecule has 6 rings (SSSR count). The van der Waals surface area contributed by atoms with E-state index < -0.39 is 0 Å². The van der Waals surface area contributed by atoms with E-state index in [1.807, 2.05) is 36.7 Å². The molecule has 33 heavy (non-hydrogen) atoms. The van der Waals surface area contributed by atoms with Gasteiger partial charge in [0.1, 0.15) is 17.4 Å². The summed E-state index contributed by atoms with van der Waals surface area (Å²) in [5.41, 5.74) is 5.07. The fourth-order valence-corrected chi connectivity index (χ4v) is 4.91. The Morgan fingerprint density at radius 3 is 2.30 bits per heavy atom. The topological polar surface area (TPSA) is 73.1 Å². The van der Waals surface area contributed by atoms with Crippen molar-refractivity contribution < 1.29 is 4.74 Å². The maximum atomic E-state index is 6.23. The van der Waals surface area contributed by atoms with Crippen LogP contribution in [-0.2, 0) is 25.9 Å². The van der Waals surface area contributed by atoms with Crippen LogP contribution >= 0.6 is 11.6 Å². The molecular formula is C25H27ClN6O. The number of rotatable bonds is 5. The number of methoxy groups -OCH3 is 1. The van der Waals surface area contributed by atoms with Gasteiger partial charge in [0.05, 0.1) is 30.9 Å². The van der Waals surface area contributed by atoms with Gasteiger partial charge in [-0.1, -0.05) is 29.8 Å². The number of imidazole rings is 2. The van der Waals surface area contributed by atoms with Gasteiger partial charge in [0.15, 0.2) is 0 Å². The second-order valence-electron chi connectivity index (χ2n) is 8.12. The Kier molecular flexibility index (Phi) is 6.21. The van der Waals surface area contributed by atoms with Crippen LogP contribution < -0.4 is 14.5 Å². The van der Waals surface area contributed by atoms with Gasteiger partial charge in [-0.05, 0) is 36.6 Å². The van der Waals surface area contributed by atoms with Crippen molar-refractivity contribution in [2.75, 3.05) is 30.0 Å². The molecule has 0 atom stereocenters. The molecule has 0 unspecified atom stereocenters. The highest BCUT2D eigenvalue weighted by Gasteiger charge is 2.23. The van der Waals surface area contributed by atoms with Crippen LogP contribution in [0.2, 0.25) is 5.02 Å². The SMILES string of the molecule is COc1cccc2c1CCN2Cc1ncc[nH]1.Clc1cccc2c1N(Cc1ncc[nH]1)CC2. The van der Waals surface area contributed by atoms with Gasteiger partial charge < -0.3 is 24.5 Å². The van der Waals surface area contributed by atoms with Crippen LogP contribution in [0, 0.1) is 0 Å². The van der Waals surface area contributed by atoms with Crippen molar-refractivity contribution in [1.82, 2.24) is 19.9 Å². The van der Waals surface area contributed by atoms with E-state index in [0.717, 1.165) is 61.4 Å². The number of ether oxygens (including phenoxy) is 1. The first-order chi connectivity index (χ1) is 16.2. The number of halogens is 1. The van der Waals surface area contributed by atoms with Gasteiger partial charge in [0, 0.05) is 49.1 Å². The first-order valence-electron chi connectivity index (χ1n) is 11.1. The number of fused-ring (bicyclic) bond motifs is 2. The molecule has 4 aromatic rings. The standard InChI is InChI=1S/C13H15N3O.C12H12ClN3/c1-17-12-4-2-3-11-10(12)5-8-16(11)9-13-14-6-7-15-13;13-10-3-1-2-9-4-7-16(12(9)10)8-11-14-5-6-15-11/h2-4,6-7H,5,8-9H2,1H3,(H,14,15);1-3,5-6H,4,7-8H2,(H,14,15). The summed E-state index contributed by atoms with van der Waals surface area (Å²) in [6.45, 7) is 3.66. The maximum Gasteiger partial charge on any atom is 0.125 e. The third kappa shape index (κ3) is 4.54. The number of anilines is 2. The van der Waals surface area contributed by atoms with Gasteiger partial charge in [0.25, 0.3) is 0 Å². The average molecular weight is 463 g/mol. The Hall–Kier alpha value is -3.45. The van der Waals surface area contributed by atoms with E-state index >= 15 is 0 Å². The molecule has 2 aromatic heterocycles. The van der Waals surface area contributed by atoms with Crippen LogP contribution in [0.5, 0.6) is 5.75 Å². The van der Waals surface area contributed by atoms with Gasteiger partial charge in [-0.2, -0.15) is 0 Å². The Balaban J connectivity index is 0.000000139. The molecule has 2 aliphatic heterocycles. The highest BCUT2D eigenvalue weighted by Crippen LogP contribution is 2.36. The first-order valence-corrected chi connectivity index (χ1v) is 11.5. The van der Waals surface area contributed by atoms with E-state index in [9.17, 15) is 0 Å². The molecule has 0 radical (unpaired) electrons. The van der Waals surface area contributed by atoms with Crippen LogP contribution in [0.15, 0.2) is 61.2 Å². The van der Waals surface area contributed by atoms with Crippen LogP contribution in [0.1, 0.15) is 22.8 Å². The third-order valence-electron chi connectivity index (χ3n) is 6.13. The molecule has 2 N–H and O–H groups in total. The van der Waals surface area contributed by atoms with Gasteiger partial charge in [-0.3, -0.25) is 0 Å². The van der Waals surface area contributed by atoms with E-state index in [0.29, 0.717) is 0 Å². The molecule has 8 heteroatoms. The van der Waals surface area contributed by atoms with E-state index in [-0.39, 0.29) is 0 Å². The van der Waals surface area contributed by atoms with Crippen molar-refractivity contribution in [2.24, 2.45) is 0 Å². The molecule has 2 aromatic carbocycles. The molecule has 0 spiro atoms. The molecule has 0 bridgehead atoms. The van der Waals surface area contributed by atoms with E-state index in [1.54, 1.807) is 19.5 Å². The van der Waals surface area contributed by atoms with Crippen LogP contribution in [0.4, 0.5) is 11.4 Å². The summed E-state index contributed by atoms with van der Waals surface area (Å²) in [7, 11) is 1.73. The quantitative estimate of drug-likeness (QED) is 0.453. The molecule has 0 saturated heterocycles. The van der Waals surface area contributed by atoms with Gasteiger partial charge in [-0.25, -0.2) is 9.97 Å². The smallest absolute Gasteiger partial charge is 0.125 e. The molecule has 4 heterocycles. The van der Waals surface area contributed by atoms with E-state index in [2.05, 4.69) is 41.9 Å². The first kappa shape index (κ1) is 21.4. The van der Waals surface area contributed by atoms with Crippen molar-refractivity contribution in [3.8, 4) is 5.75 Å². The number of hydrogen-bond acceptors (Lipinski definition) is 5. The molecule has 7 nitrogen and oxygen atoms in total. The fraction of sp³-hybridized carbons (Fsp3) is 0.280. The number of aromatic amines is 2. The van der Waals surface area contributed by atoms with Crippen molar-refractivity contribution >= 4 is 23.0 Å². The molecule has 0 amide bonds. The van der Waals surface area contributed by atoms with Gasteiger partial charge in [-0.15, -0.1) is 0 Å². The summed E-state index contributed by atoms with van der Waals surface area (Å²) in [5.74, 6) is 2.97. The Labute approximate surface area is 198 Å². The van der Waals surface area contributed by atoms with Crippen molar-refractivity contribution in [2.45, 2.75) is 25.9 Å². The monoisotopic (exact) mass is 462 g/mol. The van der Waals surface area contributed by atoms with Crippen LogP contribution in [-0.4, -0.2) is 40.1 Å². The number of para-hydroxylation sites is 1. The zero-order valence-corrected chi connectivity index (χ0v) is 19.3. The third-order valence-corrected chi connectivity index (χ3v) is 6.43. The summed E-state index contributed by atoms with van der Waals surface area (Å²) >= 11 is 6.23. The largest absolute Gasteiger partial charge is 0.496 e. The fourth-order valence-electron chi connectivity index (χ4n) is 4.60. The zero-order valence-electron chi connectivity index (χ0n) is 18.6. The number of hydrogen-bond donors (Lipinski definition) is 2. The van der Waals surface area contributed by atoms with E-state index in [1.165, 1.54) is 22.5 Å². The van der Waals surface area contributed by atoms with Crippen molar-refractivity contribution in [1.29, 1.82) is 0 Å². The van der Waals surface area contributed by atoms with Crippen molar-refractivity contribution in [3.05, 3.63) is 89.0 Å². The minimum Gasteiger partial charge on any atom is -0.496 e. The lowest BCUT2D eigenvalue weighted by Gasteiger charge is -2.18. The Morgan fingerprint density at radius 2 is 1.61 bits per heavy atom. The second kappa shape index (κ2) is 9.58. The lowest BCUT2D eigenvalue weighted by atomic mass is 10.1. The lowest BCUT2D eigenvalue weighted by molar-refractivity contribution is 0.411. The number of nitrogens with zero attached hydrogens (tertiary/aromatic N) is 4. The Morgan fingerprint density at radius 1 is 0.909 bits per heavy atom. The summed E-state index contributed by atoms with van der Waals surface area (Å²) in [6, 6.07) is 12.3. The summed E-state index contributed by atoms with van der Waals surface area (Å²) < 4.78 is 5.39. The minimum absolute atomic E-state index is 0.795. The van der Waals surface area contributed by atoms with E-state index in [4.69, 9.17) is 16.3 Å². The summed E-state index contributed by atoms with van der Waals surface area (Å²) in [6.07, 6.45) is 9.38. The molecule has 2 aliphatic rings. The highest BCUT2D eigenvalue weighted by atomic mass is 35.5. The zero-order chi connectivity index (χ0) is 22.6. The normalized spacial score (nSPS) is 14.0. The highest BCUT2D eigenvalue weighted by molar-refractivity contribution is 6.33. The van der Waals surface area contributed by atoms with Crippen LogP contribution in [0.25, 0.3) is 0 Å². The average Bonchev–Trinajstić information content (AvgIpc) is 3.64. The molecule has 0 aliphatic carbocycles. The van der Waals surface area contributed by atoms with Crippen molar-refractivity contribution in [3.63, 3.8) is 0 Å².